The molecule has 176 valence electrons. The maximum atomic E-state index is 6.77. The van der Waals surface area contributed by atoms with E-state index in [9.17, 15) is 0 Å². The van der Waals surface area contributed by atoms with Gasteiger partial charge in [-0.05, 0) is 43.4 Å². The number of nitrogens with two attached hydrogens (primary N) is 2. The number of hydrogen-bond acceptors (Lipinski definition) is 6. The van der Waals surface area contributed by atoms with Crippen LogP contribution < -0.4 is 11.6 Å². The van der Waals surface area contributed by atoms with E-state index >= 15 is 0 Å². The lowest BCUT2D eigenvalue weighted by molar-refractivity contribution is 0.0553. The summed E-state index contributed by atoms with van der Waals surface area (Å²) >= 11 is 6.77. The molecule has 1 fully saturated rings. The Bertz CT molecular complexity index is 1350. The van der Waals surface area contributed by atoms with Crippen molar-refractivity contribution in [1.82, 2.24) is 19.5 Å². The molecule has 1 aromatic carbocycles. The summed E-state index contributed by atoms with van der Waals surface area (Å²) in [7, 11) is 1.78. The van der Waals surface area contributed by atoms with Gasteiger partial charge in [-0.3, -0.25) is 4.98 Å². The van der Waals surface area contributed by atoms with Gasteiger partial charge in [0.2, 0.25) is 0 Å². The predicted octanol–water partition coefficient (Wildman–Crippen LogP) is 4.71. The molecular weight excluding hydrogens is 448 g/mol. The molecule has 1 unspecified atom stereocenters. The molecule has 4 heterocycles. The number of aromatic nitrogens is 3. The van der Waals surface area contributed by atoms with Crippen LogP contribution in [0.1, 0.15) is 36.9 Å². The molecule has 0 saturated carbocycles. The minimum atomic E-state index is 0.0471. The molecule has 0 aliphatic carbocycles. The van der Waals surface area contributed by atoms with E-state index in [2.05, 4.69) is 39.9 Å². The monoisotopic (exact) mass is 476 g/mol. The number of rotatable bonds is 5. The summed E-state index contributed by atoms with van der Waals surface area (Å²) in [5.41, 5.74) is 12.4. The fourth-order valence-electron chi connectivity index (χ4n) is 5.26. The number of halogens is 1. The normalized spacial score (nSPS) is 16.6. The summed E-state index contributed by atoms with van der Waals surface area (Å²) in [5.74, 6) is 6.51. The number of fused-ring (bicyclic) bond motifs is 3. The molecule has 0 radical (unpaired) electrons. The van der Waals surface area contributed by atoms with Crippen molar-refractivity contribution in [3.8, 4) is 0 Å². The Labute approximate surface area is 203 Å². The summed E-state index contributed by atoms with van der Waals surface area (Å²) < 4.78 is 8.03. The van der Waals surface area contributed by atoms with Crippen LogP contribution in [0, 0.1) is 5.92 Å². The molecule has 4 aromatic rings. The second kappa shape index (κ2) is 9.25. The average Bonchev–Trinajstić information content (AvgIpc) is 3.15. The van der Waals surface area contributed by atoms with E-state index in [1.165, 1.54) is 10.6 Å². The first-order valence-electron chi connectivity index (χ1n) is 11.5. The Kier molecular flexibility index (Phi) is 6.16. The van der Waals surface area contributed by atoms with Gasteiger partial charge < -0.3 is 20.0 Å². The SMILES string of the molecule is C/C(N)=C(\c1cnc2c3ccnc(Cl)c3n(C(c3ccccc3)C3CCOCC3)c2c1)N(C)N. The van der Waals surface area contributed by atoms with Crippen molar-refractivity contribution in [1.29, 1.82) is 0 Å². The Morgan fingerprint density at radius 2 is 1.91 bits per heavy atom. The zero-order valence-electron chi connectivity index (χ0n) is 19.4. The van der Waals surface area contributed by atoms with Crippen LogP contribution in [-0.2, 0) is 4.74 Å². The average molecular weight is 477 g/mol. The molecule has 1 aliphatic rings. The molecule has 1 saturated heterocycles. The Balaban J connectivity index is 1.86. The lowest BCUT2D eigenvalue weighted by Gasteiger charge is -2.33. The van der Waals surface area contributed by atoms with Crippen LogP contribution >= 0.6 is 11.6 Å². The topological polar surface area (TPSA) is 95.2 Å². The quantitative estimate of drug-likeness (QED) is 0.246. The highest BCUT2D eigenvalue weighted by Gasteiger charge is 2.31. The fraction of sp³-hybridized carbons (Fsp3) is 0.308. The van der Waals surface area contributed by atoms with E-state index in [0.717, 1.165) is 59.3 Å². The van der Waals surface area contributed by atoms with Crippen molar-refractivity contribution in [2.24, 2.45) is 17.5 Å². The van der Waals surface area contributed by atoms with Gasteiger partial charge >= 0.3 is 0 Å². The molecule has 5 rings (SSSR count). The largest absolute Gasteiger partial charge is 0.401 e. The van der Waals surface area contributed by atoms with Crippen LogP contribution in [-0.4, -0.2) is 39.8 Å². The maximum Gasteiger partial charge on any atom is 0.153 e. The van der Waals surface area contributed by atoms with E-state index in [-0.39, 0.29) is 6.04 Å². The Hall–Kier alpha value is -3.13. The lowest BCUT2D eigenvalue weighted by Crippen LogP contribution is -2.27. The summed E-state index contributed by atoms with van der Waals surface area (Å²) in [6, 6.07) is 14.7. The van der Waals surface area contributed by atoms with Gasteiger partial charge in [0.05, 0.1) is 28.3 Å². The number of ether oxygens (including phenoxy) is 1. The third-order valence-corrected chi connectivity index (χ3v) is 6.91. The summed E-state index contributed by atoms with van der Waals surface area (Å²) in [6.45, 7) is 3.34. The number of nitrogens with zero attached hydrogens (tertiary/aromatic N) is 4. The van der Waals surface area contributed by atoms with Crippen molar-refractivity contribution in [2.45, 2.75) is 25.8 Å². The third-order valence-electron chi connectivity index (χ3n) is 6.63. The minimum Gasteiger partial charge on any atom is -0.401 e. The number of pyridine rings is 2. The standard InChI is InChI=1S/C26H29ClN6O/c1-16(28)23(32(2)29)19-14-21-22(31-15-19)20-8-11-30-26(27)25(20)33(21)24(17-6-4-3-5-7-17)18-9-12-34-13-10-18/h3-8,11,14-15,18,24H,9-10,12-13,28-29H2,1-2H3/b23-16-. The Morgan fingerprint density at radius 3 is 2.59 bits per heavy atom. The van der Waals surface area contributed by atoms with E-state index in [1.807, 2.05) is 25.3 Å². The summed E-state index contributed by atoms with van der Waals surface area (Å²) in [5, 5.41) is 2.98. The predicted molar refractivity (Wildman–Crippen MR) is 137 cm³/mol. The third kappa shape index (κ3) is 3.90. The first kappa shape index (κ1) is 22.7. The van der Waals surface area contributed by atoms with Crippen LogP contribution in [0.2, 0.25) is 5.15 Å². The molecule has 8 heteroatoms. The van der Waals surface area contributed by atoms with E-state index in [1.54, 1.807) is 13.2 Å². The molecule has 0 bridgehead atoms. The van der Waals surface area contributed by atoms with Crippen molar-refractivity contribution < 1.29 is 4.74 Å². The van der Waals surface area contributed by atoms with Crippen molar-refractivity contribution >= 4 is 39.2 Å². The zero-order chi connectivity index (χ0) is 23.8. The van der Waals surface area contributed by atoms with Crippen LogP contribution in [0.5, 0.6) is 0 Å². The highest BCUT2D eigenvalue weighted by molar-refractivity contribution is 6.35. The van der Waals surface area contributed by atoms with Crippen molar-refractivity contribution in [3.63, 3.8) is 0 Å². The number of hydrazine groups is 1. The second-order valence-electron chi connectivity index (χ2n) is 8.91. The Morgan fingerprint density at radius 1 is 1.18 bits per heavy atom. The van der Waals surface area contributed by atoms with Gasteiger partial charge in [-0.25, -0.2) is 10.8 Å². The second-order valence-corrected chi connectivity index (χ2v) is 9.27. The van der Waals surface area contributed by atoms with Gasteiger partial charge in [0.1, 0.15) is 0 Å². The fourth-order valence-corrected chi connectivity index (χ4v) is 5.50. The van der Waals surface area contributed by atoms with Crippen LogP contribution in [0.4, 0.5) is 0 Å². The lowest BCUT2D eigenvalue weighted by atomic mass is 9.86. The van der Waals surface area contributed by atoms with Gasteiger partial charge in [0.25, 0.3) is 0 Å². The zero-order valence-corrected chi connectivity index (χ0v) is 20.2. The molecule has 34 heavy (non-hydrogen) atoms. The molecular formula is C26H29ClN6O. The van der Waals surface area contributed by atoms with Crippen LogP contribution in [0.15, 0.2) is 60.6 Å². The maximum absolute atomic E-state index is 6.77. The van der Waals surface area contributed by atoms with E-state index in [0.29, 0.717) is 16.8 Å². The van der Waals surface area contributed by atoms with Gasteiger partial charge in [-0.15, -0.1) is 0 Å². The molecule has 0 spiro atoms. The van der Waals surface area contributed by atoms with Crippen LogP contribution in [0.25, 0.3) is 27.6 Å². The highest BCUT2D eigenvalue weighted by atomic mass is 35.5. The number of hydrogen-bond donors (Lipinski definition) is 2. The smallest absolute Gasteiger partial charge is 0.153 e. The van der Waals surface area contributed by atoms with Gasteiger partial charge in [-0.1, -0.05) is 41.9 Å². The van der Waals surface area contributed by atoms with Gasteiger partial charge in [0.15, 0.2) is 5.15 Å². The summed E-state index contributed by atoms with van der Waals surface area (Å²) in [6.07, 6.45) is 5.48. The molecule has 0 amide bonds. The molecule has 4 N–H and O–H groups in total. The molecule has 3 aromatic heterocycles. The van der Waals surface area contributed by atoms with Gasteiger partial charge in [-0.2, -0.15) is 0 Å². The molecule has 1 aliphatic heterocycles. The first-order valence-corrected chi connectivity index (χ1v) is 11.9. The van der Waals surface area contributed by atoms with E-state index in [4.69, 9.17) is 32.9 Å². The van der Waals surface area contributed by atoms with Crippen molar-refractivity contribution in [2.75, 3.05) is 20.3 Å². The molecule has 1 atom stereocenters. The summed E-state index contributed by atoms with van der Waals surface area (Å²) in [4.78, 5) is 9.31. The van der Waals surface area contributed by atoms with Gasteiger partial charge in [0, 0.05) is 49.3 Å². The number of benzene rings is 1. The highest BCUT2D eigenvalue weighted by Crippen LogP contribution is 2.42. The van der Waals surface area contributed by atoms with Crippen molar-refractivity contribution in [3.05, 3.63) is 76.8 Å². The minimum absolute atomic E-state index is 0.0471. The van der Waals surface area contributed by atoms with Crippen LogP contribution in [0.3, 0.4) is 0 Å². The number of allylic oxidation sites excluding steroid dienone is 1. The first-order chi connectivity index (χ1) is 16.5. The molecule has 7 nitrogen and oxygen atoms in total. The van der Waals surface area contributed by atoms with E-state index < -0.39 is 0 Å².